The van der Waals surface area contributed by atoms with E-state index in [1.165, 1.54) is 16.7 Å². The Balaban J connectivity index is 2.01. The van der Waals surface area contributed by atoms with E-state index in [0.29, 0.717) is 6.61 Å². The number of hydrogen-bond acceptors (Lipinski definition) is 2. The van der Waals surface area contributed by atoms with Crippen molar-refractivity contribution in [2.45, 2.75) is 27.2 Å². The zero-order chi connectivity index (χ0) is 13.7. The van der Waals surface area contributed by atoms with E-state index in [-0.39, 0.29) is 0 Å². The molecule has 0 fully saturated rings. The van der Waals surface area contributed by atoms with Gasteiger partial charge in [-0.05, 0) is 55.2 Å². The lowest BCUT2D eigenvalue weighted by Gasteiger charge is -2.08. The third-order valence-corrected chi connectivity index (χ3v) is 3.08. The molecule has 1 aliphatic rings. The molecule has 2 rings (SSSR count). The summed E-state index contributed by atoms with van der Waals surface area (Å²) in [6, 6.07) is 8.30. The number of nitrogens with one attached hydrogen (secondary N) is 1. The van der Waals surface area contributed by atoms with Crippen LogP contribution in [-0.4, -0.2) is 6.61 Å². The molecule has 1 heterocycles. The molecule has 1 aliphatic heterocycles. The zero-order valence-electron chi connectivity index (χ0n) is 11.9. The van der Waals surface area contributed by atoms with E-state index in [9.17, 15) is 0 Å². The maximum absolute atomic E-state index is 5.83. The summed E-state index contributed by atoms with van der Waals surface area (Å²) >= 11 is 0. The van der Waals surface area contributed by atoms with Crippen molar-refractivity contribution in [1.29, 1.82) is 0 Å². The van der Waals surface area contributed by atoms with E-state index in [2.05, 4.69) is 50.4 Å². The molecule has 0 radical (unpaired) electrons. The number of hydrogen-bond donors (Lipinski definition) is 1. The smallest absolute Gasteiger partial charge is 0.119 e. The van der Waals surface area contributed by atoms with Crippen LogP contribution in [0.25, 0.3) is 0 Å². The summed E-state index contributed by atoms with van der Waals surface area (Å²) in [4.78, 5) is 0. The first-order valence-electron chi connectivity index (χ1n) is 6.71. The average molecular weight is 255 g/mol. The van der Waals surface area contributed by atoms with Gasteiger partial charge in [0.15, 0.2) is 0 Å². The summed E-state index contributed by atoms with van der Waals surface area (Å²) in [6.07, 6.45) is 7.33. The maximum atomic E-state index is 5.83. The van der Waals surface area contributed by atoms with Crippen molar-refractivity contribution in [1.82, 2.24) is 5.32 Å². The topological polar surface area (TPSA) is 21.3 Å². The van der Waals surface area contributed by atoms with Gasteiger partial charge in [0.05, 0.1) is 0 Å². The fraction of sp³-hybridized carbons (Fsp3) is 0.294. The summed E-state index contributed by atoms with van der Waals surface area (Å²) in [6.45, 7) is 6.88. The Kier molecular flexibility index (Phi) is 4.45. The first-order chi connectivity index (χ1) is 9.17. The van der Waals surface area contributed by atoms with Gasteiger partial charge in [-0.2, -0.15) is 0 Å². The predicted molar refractivity (Wildman–Crippen MR) is 80.0 cm³/mol. The highest BCUT2D eigenvalue weighted by molar-refractivity contribution is 5.35. The van der Waals surface area contributed by atoms with Gasteiger partial charge in [-0.1, -0.05) is 25.1 Å². The monoisotopic (exact) mass is 255 g/mol. The Morgan fingerprint density at radius 2 is 1.79 bits per heavy atom. The molecule has 1 N–H and O–H groups in total. The van der Waals surface area contributed by atoms with Crippen molar-refractivity contribution in [3.8, 4) is 5.75 Å². The molecule has 0 bridgehead atoms. The fourth-order valence-electron chi connectivity index (χ4n) is 1.99. The van der Waals surface area contributed by atoms with Gasteiger partial charge in [0.2, 0.25) is 0 Å². The largest absolute Gasteiger partial charge is 0.489 e. The first kappa shape index (κ1) is 13.5. The zero-order valence-corrected chi connectivity index (χ0v) is 11.9. The number of ether oxygens (including phenoxy) is 1. The second-order valence-electron chi connectivity index (χ2n) is 4.87. The van der Waals surface area contributed by atoms with Gasteiger partial charge in [-0.15, -0.1) is 0 Å². The molecular weight excluding hydrogens is 234 g/mol. The van der Waals surface area contributed by atoms with Gasteiger partial charge in [0.25, 0.3) is 0 Å². The van der Waals surface area contributed by atoms with Crippen LogP contribution >= 0.6 is 0 Å². The van der Waals surface area contributed by atoms with Crippen molar-refractivity contribution in [3.05, 3.63) is 65.0 Å². The van der Waals surface area contributed by atoms with Crippen LogP contribution in [0.1, 0.15) is 26.3 Å². The van der Waals surface area contributed by atoms with E-state index in [1.807, 2.05) is 18.3 Å². The van der Waals surface area contributed by atoms with Crippen molar-refractivity contribution in [2.75, 3.05) is 6.61 Å². The molecule has 2 heteroatoms. The highest BCUT2D eigenvalue weighted by atomic mass is 16.5. The Bertz CT molecular complexity index is 521. The number of aryl methyl sites for hydroxylation is 1. The van der Waals surface area contributed by atoms with Gasteiger partial charge in [0.1, 0.15) is 12.4 Å². The fourth-order valence-corrected chi connectivity index (χ4v) is 1.99. The first-order valence-corrected chi connectivity index (χ1v) is 6.71. The van der Waals surface area contributed by atoms with Crippen LogP contribution in [0.5, 0.6) is 5.75 Å². The summed E-state index contributed by atoms with van der Waals surface area (Å²) in [5, 5.41) is 3.23. The third kappa shape index (κ3) is 4.02. The Morgan fingerprint density at radius 3 is 2.47 bits per heavy atom. The SMILES string of the molecule is CCc1ccc(OCC2=CC(C)=CNC(C)=C2)cc1. The molecule has 100 valence electrons. The van der Waals surface area contributed by atoms with Crippen LogP contribution in [0.4, 0.5) is 0 Å². The molecule has 0 atom stereocenters. The quantitative estimate of drug-likeness (QED) is 0.879. The van der Waals surface area contributed by atoms with E-state index in [1.54, 1.807) is 0 Å². The summed E-state index contributed by atoms with van der Waals surface area (Å²) in [7, 11) is 0. The number of benzene rings is 1. The molecule has 0 saturated carbocycles. The second-order valence-corrected chi connectivity index (χ2v) is 4.87. The van der Waals surface area contributed by atoms with Crippen LogP contribution < -0.4 is 10.1 Å². The van der Waals surface area contributed by atoms with Crippen LogP contribution in [0.2, 0.25) is 0 Å². The third-order valence-electron chi connectivity index (χ3n) is 3.08. The van der Waals surface area contributed by atoms with Crippen LogP contribution in [0, 0.1) is 0 Å². The van der Waals surface area contributed by atoms with Crippen LogP contribution in [-0.2, 0) is 6.42 Å². The normalized spacial score (nSPS) is 14.8. The average Bonchev–Trinajstić information content (AvgIpc) is 2.58. The highest BCUT2D eigenvalue weighted by Crippen LogP contribution is 2.15. The Labute approximate surface area is 115 Å². The summed E-state index contributed by atoms with van der Waals surface area (Å²) in [5.74, 6) is 0.919. The van der Waals surface area contributed by atoms with Crippen LogP contribution in [0.15, 0.2) is 59.5 Å². The standard InChI is InChI=1S/C17H21NO/c1-4-15-5-7-17(8-6-15)19-12-16-9-13(2)11-18-14(3)10-16/h5-11,18H,4,12H2,1-3H3. The van der Waals surface area contributed by atoms with Gasteiger partial charge in [-0.3, -0.25) is 0 Å². The minimum atomic E-state index is 0.593. The van der Waals surface area contributed by atoms with Crippen molar-refractivity contribution >= 4 is 0 Å². The molecule has 0 amide bonds. The van der Waals surface area contributed by atoms with E-state index < -0.39 is 0 Å². The lowest BCUT2D eigenvalue weighted by molar-refractivity contribution is 0.355. The van der Waals surface area contributed by atoms with E-state index in [0.717, 1.165) is 17.9 Å². The highest BCUT2D eigenvalue weighted by Gasteiger charge is 2.02. The summed E-state index contributed by atoms with van der Waals surface area (Å²) < 4.78 is 5.83. The number of allylic oxidation sites excluding steroid dienone is 3. The minimum Gasteiger partial charge on any atom is -0.489 e. The molecule has 1 aromatic rings. The Hall–Kier alpha value is -1.96. The summed E-state index contributed by atoms with van der Waals surface area (Å²) in [5.41, 5.74) is 4.84. The molecule has 1 aromatic carbocycles. The molecule has 0 aromatic heterocycles. The Morgan fingerprint density at radius 1 is 1.05 bits per heavy atom. The minimum absolute atomic E-state index is 0.593. The number of rotatable bonds is 4. The van der Waals surface area contributed by atoms with E-state index >= 15 is 0 Å². The predicted octanol–water partition coefficient (Wildman–Crippen LogP) is 3.97. The van der Waals surface area contributed by atoms with Gasteiger partial charge >= 0.3 is 0 Å². The van der Waals surface area contributed by atoms with Crippen LogP contribution in [0.3, 0.4) is 0 Å². The molecule has 0 saturated heterocycles. The lowest BCUT2D eigenvalue weighted by Crippen LogP contribution is -2.02. The molecule has 0 spiro atoms. The lowest BCUT2D eigenvalue weighted by atomic mass is 10.1. The molecule has 19 heavy (non-hydrogen) atoms. The van der Waals surface area contributed by atoms with Crippen molar-refractivity contribution in [3.63, 3.8) is 0 Å². The molecule has 0 unspecified atom stereocenters. The maximum Gasteiger partial charge on any atom is 0.119 e. The van der Waals surface area contributed by atoms with Crippen molar-refractivity contribution < 1.29 is 4.74 Å². The van der Waals surface area contributed by atoms with Crippen molar-refractivity contribution in [2.24, 2.45) is 0 Å². The van der Waals surface area contributed by atoms with Gasteiger partial charge in [0, 0.05) is 11.9 Å². The second kappa shape index (κ2) is 6.28. The molecule has 2 nitrogen and oxygen atoms in total. The van der Waals surface area contributed by atoms with E-state index in [4.69, 9.17) is 4.74 Å². The molecular formula is C17H21NO. The van der Waals surface area contributed by atoms with Gasteiger partial charge in [-0.25, -0.2) is 0 Å². The molecule has 0 aliphatic carbocycles. The van der Waals surface area contributed by atoms with Gasteiger partial charge < -0.3 is 10.1 Å².